The molecule has 0 spiro atoms. The monoisotopic (exact) mass is 282 g/mol. The number of hydrogen-bond donors (Lipinski definition) is 1. The Morgan fingerprint density at radius 3 is 2.30 bits per heavy atom. The molecule has 0 saturated carbocycles. The second kappa shape index (κ2) is 7.37. The highest BCUT2D eigenvalue weighted by atomic mass is 32.2. The number of carbonyl (C=O) groups excluding carboxylic acids is 1. The summed E-state index contributed by atoms with van der Waals surface area (Å²) in [5.74, 6) is -0.147. The second-order valence-corrected chi connectivity index (χ2v) is 5.28. The fourth-order valence-electron chi connectivity index (χ4n) is 1.76. The summed E-state index contributed by atoms with van der Waals surface area (Å²) < 4.78 is 0. The summed E-state index contributed by atoms with van der Waals surface area (Å²) in [5, 5.41) is 10.9. The predicted molar refractivity (Wildman–Crippen MR) is 80.1 cm³/mol. The average molecular weight is 282 g/mol. The Kier molecular flexibility index (Phi) is 5.22. The molecule has 0 heterocycles. The Morgan fingerprint density at radius 1 is 1.10 bits per heavy atom. The molecule has 20 heavy (non-hydrogen) atoms. The minimum Gasteiger partial charge on any atom is -0.342 e. The zero-order valence-corrected chi connectivity index (χ0v) is 11.6. The first-order chi connectivity index (χ1) is 9.81. The molecule has 1 atom stereocenters. The summed E-state index contributed by atoms with van der Waals surface area (Å²) >= 11 is 1.48. The molecule has 0 aromatic heterocycles. The van der Waals surface area contributed by atoms with Gasteiger partial charge in [-0.25, -0.2) is 0 Å². The van der Waals surface area contributed by atoms with Crippen LogP contribution < -0.4 is 5.32 Å². The van der Waals surface area contributed by atoms with E-state index in [2.05, 4.69) is 5.32 Å². The topological polar surface area (TPSA) is 52.9 Å². The lowest BCUT2D eigenvalue weighted by atomic mass is 10.1. The highest BCUT2D eigenvalue weighted by Gasteiger charge is 2.21. The Balaban J connectivity index is 2.21. The van der Waals surface area contributed by atoms with Crippen molar-refractivity contribution in [2.75, 3.05) is 6.54 Å². The number of carbonyl (C=O) groups is 1. The van der Waals surface area contributed by atoms with E-state index in [9.17, 15) is 4.79 Å². The van der Waals surface area contributed by atoms with E-state index < -0.39 is 0 Å². The summed E-state index contributed by atoms with van der Waals surface area (Å²) in [4.78, 5) is 13.2. The molecule has 0 bridgehead atoms. The minimum absolute atomic E-state index is 0.0253. The molecule has 0 aliphatic rings. The zero-order chi connectivity index (χ0) is 14.2. The van der Waals surface area contributed by atoms with Gasteiger partial charge < -0.3 is 5.32 Å². The number of benzene rings is 2. The number of amides is 1. The molecule has 2 rings (SSSR count). The van der Waals surface area contributed by atoms with Crippen molar-refractivity contribution in [2.45, 2.75) is 10.1 Å². The normalized spacial score (nSPS) is 11.3. The molecular formula is C16H14N2OS. The quantitative estimate of drug-likeness (QED) is 0.677. The van der Waals surface area contributed by atoms with Crippen molar-refractivity contribution in [1.82, 2.24) is 5.32 Å². The number of rotatable bonds is 5. The first-order valence-corrected chi connectivity index (χ1v) is 7.10. The maximum absolute atomic E-state index is 12.2. The Hall–Kier alpha value is -2.25. The third kappa shape index (κ3) is 3.87. The van der Waals surface area contributed by atoms with Crippen LogP contribution in [0.4, 0.5) is 0 Å². The number of nitriles is 1. The molecule has 3 nitrogen and oxygen atoms in total. The summed E-state index contributed by atoms with van der Waals surface area (Å²) in [7, 11) is 0. The lowest BCUT2D eigenvalue weighted by Crippen LogP contribution is -2.28. The summed E-state index contributed by atoms with van der Waals surface area (Å²) in [6.07, 6.45) is 0. The summed E-state index contributed by atoms with van der Waals surface area (Å²) in [6.45, 7) is 0.0253. The lowest BCUT2D eigenvalue weighted by Gasteiger charge is -2.16. The van der Waals surface area contributed by atoms with Crippen LogP contribution in [-0.2, 0) is 4.79 Å². The van der Waals surface area contributed by atoms with E-state index in [0.717, 1.165) is 10.5 Å². The molecule has 1 amide bonds. The van der Waals surface area contributed by atoms with Crippen LogP contribution in [0.1, 0.15) is 10.8 Å². The average Bonchev–Trinajstić information content (AvgIpc) is 2.52. The van der Waals surface area contributed by atoms with E-state index in [-0.39, 0.29) is 17.7 Å². The van der Waals surface area contributed by atoms with Gasteiger partial charge >= 0.3 is 0 Å². The number of thioether (sulfide) groups is 1. The van der Waals surface area contributed by atoms with E-state index in [1.165, 1.54) is 11.8 Å². The van der Waals surface area contributed by atoms with Gasteiger partial charge in [0.25, 0.3) is 0 Å². The van der Waals surface area contributed by atoms with Gasteiger partial charge in [0.2, 0.25) is 5.91 Å². The zero-order valence-electron chi connectivity index (χ0n) is 10.8. The molecule has 0 fully saturated rings. The molecule has 0 saturated heterocycles. The van der Waals surface area contributed by atoms with Crippen molar-refractivity contribution in [3.63, 3.8) is 0 Å². The van der Waals surface area contributed by atoms with Crippen LogP contribution in [0, 0.1) is 11.3 Å². The van der Waals surface area contributed by atoms with Gasteiger partial charge in [0.1, 0.15) is 11.8 Å². The Bertz CT molecular complexity index is 593. The Labute approximate surface area is 122 Å². The molecule has 1 unspecified atom stereocenters. The van der Waals surface area contributed by atoms with Crippen LogP contribution in [0.5, 0.6) is 0 Å². The van der Waals surface area contributed by atoms with Gasteiger partial charge in [0.15, 0.2) is 0 Å². The molecule has 0 aliphatic carbocycles. The minimum atomic E-state index is -0.355. The highest BCUT2D eigenvalue weighted by molar-refractivity contribution is 8.00. The summed E-state index contributed by atoms with van der Waals surface area (Å²) in [5.41, 5.74) is 0.928. The molecule has 100 valence electrons. The lowest BCUT2D eigenvalue weighted by molar-refractivity contribution is -0.120. The van der Waals surface area contributed by atoms with Crippen LogP contribution in [-0.4, -0.2) is 12.5 Å². The fourth-order valence-corrected chi connectivity index (χ4v) is 2.83. The van der Waals surface area contributed by atoms with Gasteiger partial charge in [-0.1, -0.05) is 48.5 Å². The van der Waals surface area contributed by atoms with E-state index in [1.807, 2.05) is 66.7 Å². The first-order valence-electron chi connectivity index (χ1n) is 6.22. The third-order valence-corrected chi connectivity index (χ3v) is 3.95. The van der Waals surface area contributed by atoms with Crippen molar-refractivity contribution in [2.24, 2.45) is 0 Å². The van der Waals surface area contributed by atoms with Crippen LogP contribution in [0.3, 0.4) is 0 Å². The van der Waals surface area contributed by atoms with Crippen LogP contribution >= 0.6 is 11.8 Å². The summed E-state index contributed by atoms with van der Waals surface area (Å²) in [6, 6.07) is 21.3. The molecule has 1 N–H and O–H groups in total. The Morgan fingerprint density at radius 2 is 1.70 bits per heavy atom. The molecule has 0 radical (unpaired) electrons. The van der Waals surface area contributed by atoms with Crippen LogP contribution in [0.2, 0.25) is 0 Å². The van der Waals surface area contributed by atoms with Gasteiger partial charge in [0.05, 0.1) is 6.07 Å². The third-order valence-electron chi connectivity index (χ3n) is 2.68. The highest BCUT2D eigenvalue weighted by Crippen LogP contribution is 2.35. The van der Waals surface area contributed by atoms with E-state index >= 15 is 0 Å². The standard InChI is InChI=1S/C16H14N2OS/c17-11-12-18-16(19)15(13-7-3-1-4-8-13)20-14-9-5-2-6-10-14/h1-10,15H,12H2,(H,18,19). The van der Waals surface area contributed by atoms with Gasteiger partial charge in [0, 0.05) is 4.90 Å². The molecular weight excluding hydrogens is 268 g/mol. The van der Waals surface area contributed by atoms with E-state index in [4.69, 9.17) is 5.26 Å². The van der Waals surface area contributed by atoms with Crippen molar-refractivity contribution in [3.05, 3.63) is 66.2 Å². The SMILES string of the molecule is N#CCNC(=O)C(Sc1ccccc1)c1ccccc1. The van der Waals surface area contributed by atoms with Gasteiger partial charge in [-0.2, -0.15) is 5.26 Å². The number of nitrogens with one attached hydrogen (secondary N) is 1. The smallest absolute Gasteiger partial charge is 0.238 e. The molecule has 0 aliphatic heterocycles. The largest absolute Gasteiger partial charge is 0.342 e. The molecule has 2 aromatic rings. The van der Waals surface area contributed by atoms with Crippen molar-refractivity contribution >= 4 is 17.7 Å². The van der Waals surface area contributed by atoms with E-state index in [1.54, 1.807) is 0 Å². The van der Waals surface area contributed by atoms with Crippen LogP contribution in [0.25, 0.3) is 0 Å². The number of hydrogen-bond acceptors (Lipinski definition) is 3. The molecule has 2 aromatic carbocycles. The first kappa shape index (κ1) is 14.2. The second-order valence-electron chi connectivity index (χ2n) is 4.10. The maximum atomic E-state index is 12.2. The van der Waals surface area contributed by atoms with Gasteiger partial charge in [-0.05, 0) is 17.7 Å². The fraction of sp³-hybridized carbons (Fsp3) is 0.125. The number of nitrogens with zero attached hydrogens (tertiary/aromatic N) is 1. The molecule has 4 heteroatoms. The van der Waals surface area contributed by atoms with Crippen molar-refractivity contribution < 1.29 is 4.79 Å². The van der Waals surface area contributed by atoms with E-state index in [0.29, 0.717) is 0 Å². The maximum Gasteiger partial charge on any atom is 0.238 e. The van der Waals surface area contributed by atoms with Gasteiger partial charge in [-0.15, -0.1) is 11.8 Å². The van der Waals surface area contributed by atoms with Gasteiger partial charge in [-0.3, -0.25) is 4.79 Å². The van der Waals surface area contributed by atoms with Crippen LogP contribution in [0.15, 0.2) is 65.6 Å². The van der Waals surface area contributed by atoms with Crippen molar-refractivity contribution in [3.8, 4) is 6.07 Å². The predicted octanol–water partition coefficient (Wildman–Crippen LogP) is 3.16. The van der Waals surface area contributed by atoms with Crippen molar-refractivity contribution in [1.29, 1.82) is 5.26 Å².